The number of hydrogen-bond acceptors (Lipinski definition) is 6. The van der Waals surface area contributed by atoms with Gasteiger partial charge >= 0.3 is 0 Å². The van der Waals surface area contributed by atoms with Crippen molar-refractivity contribution in [2.45, 2.75) is 20.5 Å². The summed E-state index contributed by atoms with van der Waals surface area (Å²) < 4.78 is 29.2. The van der Waals surface area contributed by atoms with Crippen LogP contribution >= 0.6 is 11.3 Å². The number of thiazole rings is 1. The van der Waals surface area contributed by atoms with Gasteiger partial charge in [-0.3, -0.25) is 4.79 Å². The van der Waals surface area contributed by atoms with E-state index in [9.17, 15) is 9.18 Å². The molecular formula is C21H21FN2O4S. The number of amides is 1. The molecule has 2 aromatic carbocycles. The molecule has 0 atom stereocenters. The number of carbonyl (C=O) groups excluding carboxylic acids is 1. The van der Waals surface area contributed by atoms with Crippen LogP contribution in [-0.4, -0.2) is 25.1 Å². The van der Waals surface area contributed by atoms with E-state index in [1.165, 1.54) is 23.5 Å². The van der Waals surface area contributed by atoms with Gasteiger partial charge in [0.2, 0.25) is 0 Å². The molecule has 8 heteroatoms. The van der Waals surface area contributed by atoms with Crippen molar-refractivity contribution in [1.29, 1.82) is 0 Å². The number of anilines is 1. The molecule has 3 aromatic rings. The zero-order valence-corrected chi connectivity index (χ0v) is 17.4. The Morgan fingerprint density at radius 3 is 2.41 bits per heavy atom. The van der Waals surface area contributed by atoms with Gasteiger partial charge in [-0.15, -0.1) is 11.3 Å². The Balaban J connectivity index is 1.72. The number of aromatic nitrogens is 1. The number of rotatable bonds is 7. The normalized spacial score (nSPS) is 10.5. The van der Waals surface area contributed by atoms with Crippen LogP contribution < -0.4 is 19.5 Å². The fourth-order valence-corrected chi connectivity index (χ4v) is 3.57. The van der Waals surface area contributed by atoms with Crippen molar-refractivity contribution in [1.82, 2.24) is 4.98 Å². The number of nitrogens with one attached hydrogen (secondary N) is 1. The third kappa shape index (κ3) is 4.83. The predicted octanol–water partition coefficient (Wildman–Crippen LogP) is 4.75. The molecule has 0 unspecified atom stereocenters. The number of ether oxygens (including phenoxy) is 3. The number of carbonyl (C=O) groups is 1. The second-order valence-corrected chi connectivity index (χ2v) is 7.32. The molecule has 6 nitrogen and oxygen atoms in total. The van der Waals surface area contributed by atoms with E-state index in [0.29, 0.717) is 38.5 Å². The highest BCUT2D eigenvalue weighted by atomic mass is 32.1. The van der Waals surface area contributed by atoms with E-state index >= 15 is 0 Å². The Morgan fingerprint density at radius 1 is 1.10 bits per heavy atom. The van der Waals surface area contributed by atoms with Crippen LogP contribution in [0.2, 0.25) is 0 Å². The Morgan fingerprint density at radius 2 is 1.76 bits per heavy atom. The maximum absolute atomic E-state index is 13.0. The summed E-state index contributed by atoms with van der Waals surface area (Å²) in [5.74, 6) is 1.07. The van der Waals surface area contributed by atoms with E-state index in [0.717, 1.165) is 5.56 Å². The standard InChI is InChI=1S/C21H21FN2O4S/c1-12-9-17(26-3)18(27-4)10-16(12)24-21(25)20-13(2)23-19(29-20)11-28-15-7-5-14(22)6-8-15/h5-10H,11H2,1-4H3,(H,24,25). The largest absolute Gasteiger partial charge is 0.493 e. The van der Waals surface area contributed by atoms with E-state index in [4.69, 9.17) is 14.2 Å². The van der Waals surface area contributed by atoms with E-state index in [-0.39, 0.29) is 18.3 Å². The summed E-state index contributed by atoms with van der Waals surface area (Å²) in [4.78, 5) is 17.7. The molecule has 1 aromatic heterocycles. The SMILES string of the molecule is COc1cc(C)c(NC(=O)c2sc(COc3ccc(F)cc3)nc2C)cc1OC. The van der Waals surface area contributed by atoms with Gasteiger partial charge in [-0.1, -0.05) is 0 Å². The van der Waals surface area contributed by atoms with Crippen LogP contribution in [0.1, 0.15) is 25.9 Å². The van der Waals surface area contributed by atoms with Crippen LogP contribution in [0.3, 0.4) is 0 Å². The Bertz CT molecular complexity index is 1020. The molecule has 1 amide bonds. The van der Waals surface area contributed by atoms with Crippen LogP contribution in [0.25, 0.3) is 0 Å². The highest BCUT2D eigenvalue weighted by Gasteiger charge is 2.18. The first-order valence-electron chi connectivity index (χ1n) is 8.80. The lowest BCUT2D eigenvalue weighted by Crippen LogP contribution is -2.12. The van der Waals surface area contributed by atoms with Crippen LogP contribution in [0, 0.1) is 19.7 Å². The van der Waals surface area contributed by atoms with Crippen LogP contribution in [0.15, 0.2) is 36.4 Å². The van der Waals surface area contributed by atoms with E-state index in [2.05, 4.69) is 10.3 Å². The number of hydrogen-bond donors (Lipinski definition) is 1. The van der Waals surface area contributed by atoms with Crippen molar-refractivity contribution in [3.05, 3.63) is 63.4 Å². The van der Waals surface area contributed by atoms with Crippen molar-refractivity contribution in [2.24, 2.45) is 0 Å². The summed E-state index contributed by atoms with van der Waals surface area (Å²) in [6.45, 7) is 3.84. The highest BCUT2D eigenvalue weighted by molar-refractivity contribution is 7.13. The molecule has 1 heterocycles. The Kier molecular flexibility index (Phi) is 6.33. The second kappa shape index (κ2) is 8.91. The number of nitrogens with zero attached hydrogens (tertiary/aromatic N) is 1. The Labute approximate surface area is 172 Å². The average molecular weight is 416 g/mol. The fraction of sp³-hybridized carbons (Fsp3) is 0.238. The number of methoxy groups -OCH3 is 2. The first kappa shape index (κ1) is 20.6. The van der Waals surface area contributed by atoms with Gasteiger partial charge in [0.25, 0.3) is 5.91 Å². The molecule has 0 aliphatic carbocycles. The highest BCUT2D eigenvalue weighted by Crippen LogP contribution is 2.33. The molecule has 1 N–H and O–H groups in total. The minimum atomic E-state index is -0.327. The zero-order chi connectivity index (χ0) is 21.0. The minimum absolute atomic E-state index is 0.194. The van der Waals surface area contributed by atoms with E-state index in [1.54, 1.807) is 45.4 Å². The van der Waals surface area contributed by atoms with Crippen molar-refractivity contribution in [3.63, 3.8) is 0 Å². The number of halogens is 1. The van der Waals surface area contributed by atoms with Crippen LogP contribution in [-0.2, 0) is 6.61 Å². The first-order valence-corrected chi connectivity index (χ1v) is 9.61. The lowest BCUT2D eigenvalue weighted by Gasteiger charge is -2.13. The van der Waals surface area contributed by atoms with Crippen LogP contribution in [0.5, 0.6) is 17.2 Å². The van der Waals surface area contributed by atoms with Gasteiger partial charge in [0, 0.05) is 11.8 Å². The summed E-state index contributed by atoms with van der Waals surface area (Å²) in [7, 11) is 3.10. The predicted molar refractivity (Wildman–Crippen MR) is 110 cm³/mol. The van der Waals surface area contributed by atoms with Gasteiger partial charge in [-0.05, 0) is 49.7 Å². The second-order valence-electron chi connectivity index (χ2n) is 6.24. The minimum Gasteiger partial charge on any atom is -0.493 e. The summed E-state index contributed by atoms with van der Waals surface area (Å²) >= 11 is 1.25. The average Bonchev–Trinajstić information content (AvgIpc) is 3.09. The maximum Gasteiger partial charge on any atom is 0.267 e. The van der Waals surface area contributed by atoms with Crippen molar-refractivity contribution < 1.29 is 23.4 Å². The summed E-state index contributed by atoms with van der Waals surface area (Å²) in [6.07, 6.45) is 0. The van der Waals surface area contributed by atoms with Gasteiger partial charge in [0.15, 0.2) is 11.5 Å². The molecule has 0 saturated heterocycles. The van der Waals surface area contributed by atoms with Gasteiger partial charge < -0.3 is 19.5 Å². The third-order valence-electron chi connectivity index (χ3n) is 4.20. The molecule has 3 rings (SSSR count). The van der Waals surface area contributed by atoms with Crippen molar-refractivity contribution in [3.8, 4) is 17.2 Å². The van der Waals surface area contributed by atoms with Gasteiger partial charge in [-0.25, -0.2) is 9.37 Å². The lowest BCUT2D eigenvalue weighted by atomic mass is 10.1. The molecule has 152 valence electrons. The summed E-state index contributed by atoms with van der Waals surface area (Å²) in [5, 5.41) is 3.55. The quantitative estimate of drug-likeness (QED) is 0.602. The smallest absolute Gasteiger partial charge is 0.267 e. The molecular weight excluding hydrogens is 395 g/mol. The maximum atomic E-state index is 13.0. The molecule has 0 aliphatic rings. The molecule has 0 saturated carbocycles. The van der Waals surface area contributed by atoms with Gasteiger partial charge in [0.1, 0.15) is 28.1 Å². The van der Waals surface area contributed by atoms with Gasteiger partial charge in [-0.2, -0.15) is 0 Å². The summed E-state index contributed by atoms with van der Waals surface area (Å²) in [5.41, 5.74) is 2.09. The molecule has 0 aliphatic heterocycles. The molecule has 0 bridgehead atoms. The number of aryl methyl sites for hydroxylation is 2. The third-order valence-corrected chi connectivity index (χ3v) is 5.33. The first-order chi connectivity index (χ1) is 13.9. The molecule has 0 spiro atoms. The monoisotopic (exact) mass is 416 g/mol. The van der Waals surface area contributed by atoms with Crippen LogP contribution in [0.4, 0.5) is 10.1 Å². The van der Waals surface area contributed by atoms with E-state index < -0.39 is 0 Å². The van der Waals surface area contributed by atoms with Crippen molar-refractivity contribution in [2.75, 3.05) is 19.5 Å². The fourth-order valence-electron chi connectivity index (χ4n) is 2.69. The summed E-state index contributed by atoms with van der Waals surface area (Å²) in [6, 6.07) is 9.27. The van der Waals surface area contributed by atoms with E-state index in [1.807, 2.05) is 6.92 Å². The Hall–Kier alpha value is -3.13. The lowest BCUT2D eigenvalue weighted by molar-refractivity contribution is 0.102. The number of benzene rings is 2. The molecule has 0 radical (unpaired) electrons. The molecule has 0 fully saturated rings. The van der Waals surface area contributed by atoms with Crippen molar-refractivity contribution >= 4 is 22.9 Å². The zero-order valence-electron chi connectivity index (χ0n) is 16.5. The van der Waals surface area contributed by atoms with Gasteiger partial charge in [0.05, 0.1) is 19.9 Å². The molecule has 29 heavy (non-hydrogen) atoms. The topological polar surface area (TPSA) is 69.7 Å².